The maximum Gasteiger partial charge on any atom is 0.410 e. The zero-order valence-electron chi connectivity index (χ0n) is 27.8. The highest BCUT2D eigenvalue weighted by Crippen LogP contribution is 2.36. The first-order chi connectivity index (χ1) is 23.3. The van der Waals surface area contributed by atoms with Gasteiger partial charge in [-0.3, -0.25) is 9.79 Å². The van der Waals surface area contributed by atoms with Crippen LogP contribution >= 0.6 is 11.6 Å². The Bertz CT molecular complexity index is 1640. The second kappa shape index (κ2) is 15.3. The molecular formula is C37H41ClF3N3O5. The first-order valence-electron chi connectivity index (χ1n) is 16.2. The molecule has 3 aromatic carbocycles. The Labute approximate surface area is 289 Å². The Morgan fingerprint density at radius 3 is 2.37 bits per heavy atom. The van der Waals surface area contributed by atoms with E-state index in [0.29, 0.717) is 49.6 Å². The van der Waals surface area contributed by atoms with E-state index < -0.39 is 58.7 Å². The minimum atomic E-state index is -1.25. The van der Waals surface area contributed by atoms with Gasteiger partial charge in [0.1, 0.15) is 29.1 Å². The molecule has 0 bridgehead atoms. The van der Waals surface area contributed by atoms with Crippen molar-refractivity contribution in [1.29, 1.82) is 0 Å². The molecule has 2 fully saturated rings. The zero-order chi connectivity index (χ0) is 35.3. The van der Waals surface area contributed by atoms with Crippen molar-refractivity contribution < 1.29 is 37.0 Å². The van der Waals surface area contributed by atoms with Gasteiger partial charge in [0.25, 0.3) is 0 Å². The Morgan fingerprint density at radius 2 is 1.73 bits per heavy atom. The van der Waals surface area contributed by atoms with Gasteiger partial charge >= 0.3 is 6.09 Å². The van der Waals surface area contributed by atoms with Crippen molar-refractivity contribution >= 4 is 36.0 Å². The number of benzene rings is 3. The molecule has 8 nitrogen and oxygen atoms in total. The van der Waals surface area contributed by atoms with Crippen LogP contribution in [0.25, 0.3) is 0 Å². The van der Waals surface area contributed by atoms with E-state index in [1.165, 1.54) is 12.1 Å². The van der Waals surface area contributed by atoms with Gasteiger partial charge in [-0.05, 0) is 87.9 Å². The van der Waals surface area contributed by atoms with Crippen LogP contribution in [0.15, 0.2) is 65.7 Å². The number of morpholine rings is 1. The van der Waals surface area contributed by atoms with E-state index in [0.717, 1.165) is 18.2 Å². The summed E-state index contributed by atoms with van der Waals surface area (Å²) in [6.07, 6.45) is 0.825. The van der Waals surface area contributed by atoms with Gasteiger partial charge in [-0.15, -0.1) is 0 Å². The lowest BCUT2D eigenvalue weighted by molar-refractivity contribution is -0.186. The molecule has 0 radical (unpaired) electrons. The van der Waals surface area contributed by atoms with E-state index in [1.807, 2.05) is 20.8 Å². The molecule has 2 heterocycles. The molecule has 49 heavy (non-hydrogen) atoms. The maximum atomic E-state index is 15.5. The summed E-state index contributed by atoms with van der Waals surface area (Å²) in [5.74, 6) is -3.77. The highest BCUT2D eigenvalue weighted by Gasteiger charge is 2.44. The summed E-state index contributed by atoms with van der Waals surface area (Å²) in [6, 6.07) is 12.6. The zero-order valence-corrected chi connectivity index (χ0v) is 28.6. The van der Waals surface area contributed by atoms with Gasteiger partial charge in [0.05, 0.1) is 24.8 Å². The maximum absolute atomic E-state index is 15.5. The standard InChI is InChI=1S/C37H41ClF3N3O5/c1-36(2,3)49-35(46)44-21-28(48-37(22-44)14-16-47-17-15-37)12-13-29-30(41)6-5-7-31(29)43-34(45)33(42-4)32(23-8-10-25(38)11-9-23)24-18-26(39)20-27(40)19-24/h5-11,18-20,28,32-33H,4,12-17,21-22H2,1-3H3,(H,43,45)/t28-,32+,33+/m1/s1. The first-order valence-corrected chi connectivity index (χ1v) is 16.6. The lowest BCUT2D eigenvalue weighted by Crippen LogP contribution is -2.59. The van der Waals surface area contributed by atoms with E-state index in [2.05, 4.69) is 17.0 Å². The minimum Gasteiger partial charge on any atom is -0.444 e. The van der Waals surface area contributed by atoms with Gasteiger partial charge in [-0.1, -0.05) is 29.8 Å². The highest BCUT2D eigenvalue weighted by molar-refractivity contribution is 6.30. The first kappa shape index (κ1) is 36.4. The monoisotopic (exact) mass is 699 g/mol. The van der Waals surface area contributed by atoms with Crippen LogP contribution in [0.4, 0.5) is 23.7 Å². The Hall–Kier alpha value is -3.93. The van der Waals surface area contributed by atoms with E-state index >= 15 is 4.39 Å². The normalized spacial score (nSPS) is 18.8. The molecule has 3 aromatic rings. The molecule has 1 spiro atoms. The molecule has 0 unspecified atom stereocenters. The molecular weight excluding hydrogens is 659 g/mol. The number of ether oxygens (including phenoxy) is 3. The molecule has 2 saturated heterocycles. The van der Waals surface area contributed by atoms with Crippen molar-refractivity contribution in [3.63, 3.8) is 0 Å². The topological polar surface area (TPSA) is 89.5 Å². The summed E-state index contributed by atoms with van der Waals surface area (Å²) in [5, 5.41) is 3.23. The summed E-state index contributed by atoms with van der Waals surface area (Å²) >= 11 is 6.09. The molecule has 262 valence electrons. The molecule has 0 aromatic heterocycles. The van der Waals surface area contributed by atoms with Crippen LogP contribution in [0, 0.1) is 17.5 Å². The smallest absolute Gasteiger partial charge is 0.410 e. The highest BCUT2D eigenvalue weighted by atomic mass is 35.5. The van der Waals surface area contributed by atoms with Crippen molar-refractivity contribution in [2.45, 2.75) is 75.7 Å². The minimum absolute atomic E-state index is 0.165. The summed E-state index contributed by atoms with van der Waals surface area (Å²) in [5.41, 5.74) is -0.163. The van der Waals surface area contributed by atoms with Crippen molar-refractivity contribution in [2.75, 3.05) is 31.6 Å². The van der Waals surface area contributed by atoms with Crippen LogP contribution < -0.4 is 5.32 Å². The van der Waals surface area contributed by atoms with Gasteiger partial charge in [-0.25, -0.2) is 18.0 Å². The number of anilines is 1. The third-order valence-electron chi connectivity index (χ3n) is 8.72. The second-order valence-corrected chi connectivity index (χ2v) is 14.0. The van der Waals surface area contributed by atoms with E-state index in [4.69, 9.17) is 25.8 Å². The van der Waals surface area contributed by atoms with Crippen LogP contribution in [-0.4, -0.2) is 73.3 Å². The lowest BCUT2D eigenvalue weighted by atomic mass is 9.84. The van der Waals surface area contributed by atoms with Gasteiger partial charge in [0, 0.05) is 54.3 Å². The number of carbonyl (C=O) groups excluding carboxylic acids is 2. The number of halogens is 4. The largest absolute Gasteiger partial charge is 0.444 e. The van der Waals surface area contributed by atoms with Gasteiger partial charge in [0.15, 0.2) is 0 Å². The number of aliphatic imine (C=N–C) groups is 1. The van der Waals surface area contributed by atoms with Crippen LogP contribution in [0.5, 0.6) is 0 Å². The Kier molecular flexibility index (Phi) is 11.4. The third-order valence-corrected chi connectivity index (χ3v) is 8.97. The number of hydrogen-bond donors (Lipinski definition) is 1. The average Bonchev–Trinajstić information content (AvgIpc) is 3.02. The Morgan fingerprint density at radius 1 is 1.06 bits per heavy atom. The molecule has 0 aliphatic carbocycles. The predicted molar refractivity (Wildman–Crippen MR) is 182 cm³/mol. The average molecular weight is 700 g/mol. The molecule has 2 aliphatic rings. The lowest BCUT2D eigenvalue weighted by Gasteiger charge is -2.48. The molecule has 12 heteroatoms. The SMILES string of the molecule is C=N[C@H](C(=O)Nc1cccc(F)c1CC[C@@H]1CN(C(=O)OC(C)(C)C)CC2(CCOCC2)O1)[C@@H](c1ccc(Cl)cc1)c1cc(F)cc(F)c1. The van der Waals surface area contributed by atoms with Crippen molar-refractivity contribution in [2.24, 2.45) is 4.99 Å². The van der Waals surface area contributed by atoms with E-state index in [-0.39, 0.29) is 29.8 Å². The van der Waals surface area contributed by atoms with Crippen LogP contribution in [0.3, 0.4) is 0 Å². The molecule has 2 amide bonds. The van der Waals surface area contributed by atoms with Gasteiger partial charge in [-0.2, -0.15) is 0 Å². The number of hydrogen-bond acceptors (Lipinski definition) is 6. The van der Waals surface area contributed by atoms with Gasteiger partial charge < -0.3 is 24.4 Å². The molecule has 1 N–H and O–H groups in total. The Balaban J connectivity index is 1.38. The molecule has 5 rings (SSSR count). The number of rotatable bonds is 9. The molecule has 0 saturated carbocycles. The summed E-state index contributed by atoms with van der Waals surface area (Å²) in [7, 11) is 0. The predicted octanol–water partition coefficient (Wildman–Crippen LogP) is 7.71. The van der Waals surface area contributed by atoms with Crippen LogP contribution in [-0.2, 0) is 25.4 Å². The summed E-state index contributed by atoms with van der Waals surface area (Å²) < 4.78 is 62.1. The van der Waals surface area contributed by atoms with Crippen molar-refractivity contribution in [3.05, 3.63) is 99.8 Å². The number of amides is 2. The molecule has 2 aliphatic heterocycles. The third kappa shape index (κ3) is 9.20. The van der Waals surface area contributed by atoms with Crippen LogP contribution in [0.2, 0.25) is 5.02 Å². The van der Waals surface area contributed by atoms with E-state index in [1.54, 1.807) is 35.2 Å². The summed E-state index contributed by atoms with van der Waals surface area (Å²) in [4.78, 5) is 32.8. The number of carbonyl (C=O) groups is 2. The fourth-order valence-corrected chi connectivity index (χ4v) is 6.61. The number of nitrogens with zero attached hydrogens (tertiary/aromatic N) is 2. The summed E-state index contributed by atoms with van der Waals surface area (Å²) in [6.45, 7) is 10.6. The number of nitrogens with one attached hydrogen (secondary N) is 1. The van der Waals surface area contributed by atoms with Crippen molar-refractivity contribution in [3.8, 4) is 0 Å². The van der Waals surface area contributed by atoms with Gasteiger partial charge in [0.2, 0.25) is 5.91 Å². The fourth-order valence-electron chi connectivity index (χ4n) is 6.48. The van der Waals surface area contributed by atoms with E-state index in [9.17, 15) is 18.4 Å². The van der Waals surface area contributed by atoms with Crippen molar-refractivity contribution in [1.82, 2.24) is 4.90 Å². The van der Waals surface area contributed by atoms with Crippen LogP contribution in [0.1, 0.15) is 62.6 Å². The fraction of sp³-hybridized carbons (Fsp3) is 0.432. The molecule has 3 atom stereocenters. The second-order valence-electron chi connectivity index (χ2n) is 13.5. The quantitative estimate of drug-likeness (QED) is 0.231.